The molecule has 0 aliphatic carbocycles. The Morgan fingerprint density at radius 2 is 1.75 bits per heavy atom. The number of amides is 1. The second kappa shape index (κ2) is 10.7. The molecule has 0 unspecified atom stereocenters. The zero-order chi connectivity index (χ0) is 25.7. The Bertz CT molecular complexity index is 1370. The SMILES string of the molecule is Cc1ccc(C(=O)O)c(Oc2ccc(-c3nnn(C)c3COC(=O)N(C)Cc3ccccc3)cc2)c1. The third-order valence-corrected chi connectivity index (χ3v) is 5.57. The van der Waals surface area contributed by atoms with Gasteiger partial charge < -0.3 is 19.5 Å². The van der Waals surface area contributed by atoms with Gasteiger partial charge in [-0.1, -0.05) is 41.6 Å². The maximum absolute atomic E-state index is 12.5. The number of aromatic nitrogens is 3. The number of carboxylic acids is 1. The zero-order valence-electron chi connectivity index (χ0n) is 20.2. The summed E-state index contributed by atoms with van der Waals surface area (Å²) in [6.07, 6.45) is -0.456. The molecule has 0 aliphatic heterocycles. The van der Waals surface area contributed by atoms with Gasteiger partial charge in [-0.15, -0.1) is 5.10 Å². The lowest BCUT2D eigenvalue weighted by Gasteiger charge is -2.17. The van der Waals surface area contributed by atoms with Crippen molar-refractivity contribution in [3.63, 3.8) is 0 Å². The fraction of sp³-hybridized carbons (Fsp3) is 0.185. The summed E-state index contributed by atoms with van der Waals surface area (Å²) in [7, 11) is 3.41. The first-order chi connectivity index (χ1) is 17.3. The first-order valence-electron chi connectivity index (χ1n) is 11.2. The molecule has 9 heteroatoms. The van der Waals surface area contributed by atoms with E-state index in [1.165, 1.54) is 11.0 Å². The molecule has 4 rings (SSSR count). The number of carboxylic acid groups (broad SMARTS) is 1. The van der Waals surface area contributed by atoms with Crippen molar-refractivity contribution in [1.82, 2.24) is 19.9 Å². The van der Waals surface area contributed by atoms with Gasteiger partial charge in [0.1, 0.15) is 35.1 Å². The van der Waals surface area contributed by atoms with E-state index in [-0.39, 0.29) is 17.9 Å². The van der Waals surface area contributed by atoms with Crippen LogP contribution in [0.5, 0.6) is 11.5 Å². The molecule has 184 valence electrons. The number of aromatic carboxylic acids is 1. The number of nitrogens with zero attached hydrogens (tertiary/aromatic N) is 4. The Labute approximate surface area is 208 Å². The van der Waals surface area contributed by atoms with Gasteiger partial charge in [0, 0.05) is 26.2 Å². The van der Waals surface area contributed by atoms with Gasteiger partial charge in [0.15, 0.2) is 0 Å². The normalized spacial score (nSPS) is 10.6. The van der Waals surface area contributed by atoms with E-state index in [0.29, 0.717) is 23.7 Å². The van der Waals surface area contributed by atoms with Gasteiger partial charge in [0.2, 0.25) is 0 Å². The van der Waals surface area contributed by atoms with Crippen LogP contribution < -0.4 is 4.74 Å². The van der Waals surface area contributed by atoms with Gasteiger partial charge in [-0.25, -0.2) is 14.3 Å². The number of hydrogen-bond donors (Lipinski definition) is 1. The van der Waals surface area contributed by atoms with E-state index in [9.17, 15) is 14.7 Å². The molecular formula is C27H26N4O5. The fourth-order valence-corrected chi connectivity index (χ4v) is 3.62. The number of benzene rings is 3. The summed E-state index contributed by atoms with van der Waals surface area (Å²) in [4.78, 5) is 25.5. The van der Waals surface area contributed by atoms with E-state index in [4.69, 9.17) is 9.47 Å². The van der Waals surface area contributed by atoms with Crippen molar-refractivity contribution in [1.29, 1.82) is 0 Å². The van der Waals surface area contributed by atoms with Crippen LogP contribution in [0.2, 0.25) is 0 Å². The second-order valence-corrected chi connectivity index (χ2v) is 8.34. The molecule has 0 saturated heterocycles. The Morgan fingerprint density at radius 1 is 1.03 bits per heavy atom. The summed E-state index contributed by atoms with van der Waals surface area (Å²) in [6.45, 7) is 2.30. The molecule has 1 amide bonds. The van der Waals surface area contributed by atoms with Crippen LogP contribution in [-0.2, 0) is 24.9 Å². The predicted molar refractivity (Wildman–Crippen MR) is 133 cm³/mol. The van der Waals surface area contributed by atoms with E-state index in [1.807, 2.05) is 37.3 Å². The molecule has 36 heavy (non-hydrogen) atoms. The summed E-state index contributed by atoms with van der Waals surface area (Å²) in [5.74, 6) is -0.317. The zero-order valence-corrected chi connectivity index (χ0v) is 20.2. The van der Waals surface area contributed by atoms with Crippen molar-refractivity contribution in [2.24, 2.45) is 7.05 Å². The molecule has 1 heterocycles. The van der Waals surface area contributed by atoms with Crippen molar-refractivity contribution >= 4 is 12.1 Å². The third-order valence-electron chi connectivity index (χ3n) is 5.57. The van der Waals surface area contributed by atoms with Crippen molar-refractivity contribution in [3.05, 3.63) is 95.2 Å². The number of carbonyl (C=O) groups is 2. The highest BCUT2D eigenvalue weighted by Crippen LogP contribution is 2.29. The molecule has 0 radical (unpaired) electrons. The molecule has 0 bridgehead atoms. The number of carbonyl (C=O) groups excluding carboxylic acids is 1. The molecule has 0 atom stereocenters. The van der Waals surface area contributed by atoms with Crippen molar-refractivity contribution in [3.8, 4) is 22.8 Å². The van der Waals surface area contributed by atoms with E-state index in [2.05, 4.69) is 10.3 Å². The Balaban J connectivity index is 1.45. The van der Waals surface area contributed by atoms with Crippen LogP contribution in [-0.4, -0.2) is 44.1 Å². The van der Waals surface area contributed by atoms with Gasteiger partial charge in [-0.05, 0) is 54.4 Å². The summed E-state index contributed by atoms with van der Waals surface area (Å²) >= 11 is 0. The molecular weight excluding hydrogens is 460 g/mol. The lowest BCUT2D eigenvalue weighted by molar-refractivity contribution is 0.0694. The number of ether oxygens (including phenoxy) is 2. The minimum absolute atomic E-state index is 0.000309. The molecule has 4 aromatic rings. The Morgan fingerprint density at radius 3 is 2.44 bits per heavy atom. The lowest BCUT2D eigenvalue weighted by Crippen LogP contribution is -2.27. The van der Waals surface area contributed by atoms with Gasteiger partial charge in [0.25, 0.3) is 0 Å². The van der Waals surface area contributed by atoms with Gasteiger partial charge in [-0.3, -0.25) is 0 Å². The van der Waals surface area contributed by atoms with E-state index >= 15 is 0 Å². The molecule has 0 spiro atoms. The van der Waals surface area contributed by atoms with Crippen LogP contribution in [0.15, 0.2) is 72.8 Å². The summed E-state index contributed by atoms with van der Waals surface area (Å²) < 4.78 is 12.9. The van der Waals surface area contributed by atoms with E-state index < -0.39 is 12.1 Å². The Hall–Kier alpha value is -4.66. The highest BCUT2D eigenvalue weighted by molar-refractivity contribution is 5.91. The average Bonchev–Trinajstić information content (AvgIpc) is 3.23. The number of aryl methyl sites for hydroxylation is 2. The number of rotatable bonds is 8. The molecule has 1 N–H and O–H groups in total. The van der Waals surface area contributed by atoms with Crippen molar-refractivity contribution in [2.45, 2.75) is 20.1 Å². The van der Waals surface area contributed by atoms with E-state index in [0.717, 1.165) is 16.7 Å². The van der Waals surface area contributed by atoms with Gasteiger partial charge in [0.05, 0.1) is 0 Å². The standard InChI is InChI=1S/C27H26N4O5/c1-18-9-14-22(26(32)33)24(15-18)36-21-12-10-20(11-13-21)25-23(31(3)29-28-25)17-35-27(34)30(2)16-19-7-5-4-6-8-19/h4-15H,16-17H2,1-3H3,(H,32,33). The van der Waals surface area contributed by atoms with Crippen LogP contribution in [0.25, 0.3) is 11.3 Å². The maximum Gasteiger partial charge on any atom is 0.410 e. The van der Waals surface area contributed by atoms with E-state index in [1.54, 1.807) is 55.2 Å². The van der Waals surface area contributed by atoms with Gasteiger partial charge >= 0.3 is 12.1 Å². The van der Waals surface area contributed by atoms with Crippen LogP contribution in [0.3, 0.4) is 0 Å². The minimum atomic E-state index is -1.06. The highest BCUT2D eigenvalue weighted by Gasteiger charge is 2.18. The molecule has 1 aromatic heterocycles. The number of hydrogen-bond acceptors (Lipinski definition) is 6. The molecule has 0 fully saturated rings. The Kier molecular flexibility index (Phi) is 7.29. The summed E-state index contributed by atoms with van der Waals surface area (Å²) in [5, 5.41) is 17.7. The quantitative estimate of drug-likeness (QED) is 0.371. The lowest BCUT2D eigenvalue weighted by atomic mass is 10.1. The first kappa shape index (κ1) is 24.5. The second-order valence-electron chi connectivity index (χ2n) is 8.34. The topological polar surface area (TPSA) is 107 Å². The predicted octanol–water partition coefficient (Wildman–Crippen LogP) is 5.05. The largest absolute Gasteiger partial charge is 0.478 e. The van der Waals surface area contributed by atoms with Crippen LogP contribution in [0, 0.1) is 6.92 Å². The van der Waals surface area contributed by atoms with Crippen LogP contribution >= 0.6 is 0 Å². The fourth-order valence-electron chi connectivity index (χ4n) is 3.62. The highest BCUT2D eigenvalue weighted by atomic mass is 16.6. The van der Waals surface area contributed by atoms with Crippen molar-refractivity contribution in [2.75, 3.05) is 7.05 Å². The van der Waals surface area contributed by atoms with Crippen LogP contribution in [0.1, 0.15) is 27.2 Å². The molecule has 3 aromatic carbocycles. The van der Waals surface area contributed by atoms with Crippen molar-refractivity contribution < 1.29 is 24.2 Å². The average molecular weight is 487 g/mol. The van der Waals surface area contributed by atoms with Crippen LogP contribution in [0.4, 0.5) is 4.79 Å². The summed E-state index contributed by atoms with van der Waals surface area (Å²) in [6, 6.07) is 21.6. The molecule has 0 aliphatic rings. The van der Waals surface area contributed by atoms with Gasteiger partial charge in [-0.2, -0.15) is 0 Å². The molecule has 9 nitrogen and oxygen atoms in total. The molecule has 0 saturated carbocycles. The third kappa shape index (κ3) is 5.69. The first-order valence-corrected chi connectivity index (χ1v) is 11.2. The maximum atomic E-state index is 12.5. The monoisotopic (exact) mass is 486 g/mol. The minimum Gasteiger partial charge on any atom is -0.478 e. The smallest absolute Gasteiger partial charge is 0.410 e. The summed E-state index contributed by atoms with van der Waals surface area (Å²) in [5.41, 5.74) is 3.94.